The van der Waals surface area contributed by atoms with E-state index in [9.17, 15) is 5.11 Å². The molecule has 1 saturated heterocycles. The lowest BCUT2D eigenvalue weighted by Gasteiger charge is -2.37. The van der Waals surface area contributed by atoms with Gasteiger partial charge < -0.3 is 14.6 Å². The monoisotopic (exact) mass is 317 g/mol. The molecule has 6 heteroatoms. The molecule has 1 aliphatic heterocycles. The van der Waals surface area contributed by atoms with Crippen molar-refractivity contribution in [2.24, 2.45) is 11.0 Å². The predicted octanol–water partition coefficient (Wildman–Crippen LogP) is 3.72. The first kappa shape index (κ1) is 16.3. The molecule has 6 nitrogen and oxygen atoms in total. The van der Waals surface area contributed by atoms with Gasteiger partial charge in [-0.25, -0.2) is 0 Å². The molecular formula is C17H23N3O3. The highest BCUT2D eigenvalue weighted by Crippen LogP contribution is 2.34. The predicted molar refractivity (Wildman–Crippen MR) is 85.5 cm³/mol. The van der Waals surface area contributed by atoms with Gasteiger partial charge in [0.15, 0.2) is 6.29 Å². The molecule has 1 aromatic rings. The maximum Gasteiger partial charge on any atom is 0.184 e. The fourth-order valence-corrected chi connectivity index (χ4v) is 3.57. The molecular weight excluding hydrogens is 294 g/mol. The summed E-state index contributed by atoms with van der Waals surface area (Å²) in [4.78, 5) is 2.88. The third kappa shape index (κ3) is 4.03. The normalized spacial score (nSPS) is 29.9. The van der Waals surface area contributed by atoms with E-state index >= 15 is 0 Å². The lowest BCUT2D eigenvalue weighted by Crippen LogP contribution is -2.46. The Bertz CT molecular complexity index is 541. The molecule has 1 aliphatic carbocycles. The molecule has 1 heterocycles. The molecule has 0 aromatic heterocycles. The molecule has 0 amide bonds. The van der Waals surface area contributed by atoms with E-state index in [0.29, 0.717) is 12.3 Å². The second kappa shape index (κ2) is 7.79. The third-order valence-electron chi connectivity index (χ3n) is 4.78. The molecule has 124 valence electrons. The number of aliphatic hydroxyl groups excluding tert-OH is 1. The van der Waals surface area contributed by atoms with Crippen molar-refractivity contribution in [2.45, 2.75) is 56.6 Å². The minimum absolute atomic E-state index is 0.260. The molecule has 3 unspecified atom stereocenters. The molecule has 1 saturated carbocycles. The Morgan fingerprint density at radius 2 is 2.00 bits per heavy atom. The van der Waals surface area contributed by atoms with Crippen LogP contribution in [0.5, 0.6) is 0 Å². The zero-order chi connectivity index (χ0) is 16.1. The number of hydrogen-bond donors (Lipinski definition) is 1. The lowest BCUT2D eigenvalue weighted by atomic mass is 9.94. The van der Waals surface area contributed by atoms with Gasteiger partial charge in [0.05, 0.1) is 24.9 Å². The maximum absolute atomic E-state index is 10.6. The van der Waals surface area contributed by atoms with Crippen molar-refractivity contribution in [1.29, 1.82) is 0 Å². The first-order chi connectivity index (χ1) is 11.3. The van der Waals surface area contributed by atoms with E-state index in [1.54, 1.807) is 0 Å². The minimum atomic E-state index is -0.635. The van der Waals surface area contributed by atoms with E-state index < -0.39 is 24.5 Å². The van der Waals surface area contributed by atoms with Gasteiger partial charge in [0.25, 0.3) is 0 Å². The van der Waals surface area contributed by atoms with Gasteiger partial charge in [-0.3, -0.25) is 0 Å². The molecule has 0 spiro atoms. The average molecular weight is 317 g/mol. The molecule has 2 fully saturated rings. The van der Waals surface area contributed by atoms with Crippen LogP contribution >= 0.6 is 0 Å². The summed E-state index contributed by atoms with van der Waals surface area (Å²) in [6.07, 6.45) is 3.81. The Hall–Kier alpha value is -1.59. The quantitative estimate of drug-likeness (QED) is 0.510. The lowest BCUT2D eigenvalue weighted by molar-refractivity contribution is -0.246. The molecule has 0 bridgehead atoms. The fourth-order valence-electron chi connectivity index (χ4n) is 3.57. The van der Waals surface area contributed by atoms with E-state index in [1.165, 1.54) is 12.8 Å². The van der Waals surface area contributed by atoms with Crippen LogP contribution in [0.15, 0.2) is 35.4 Å². The van der Waals surface area contributed by atoms with Crippen LogP contribution in [0.2, 0.25) is 0 Å². The first-order valence-electron chi connectivity index (χ1n) is 8.32. The second-order valence-electron chi connectivity index (χ2n) is 6.40. The van der Waals surface area contributed by atoms with Crippen LogP contribution in [0.4, 0.5) is 0 Å². The zero-order valence-corrected chi connectivity index (χ0v) is 13.1. The molecule has 0 radical (unpaired) electrons. The van der Waals surface area contributed by atoms with E-state index in [4.69, 9.17) is 15.0 Å². The Balaban J connectivity index is 1.70. The topological polar surface area (TPSA) is 87.5 Å². The van der Waals surface area contributed by atoms with Crippen molar-refractivity contribution in [1.82, 2.24) is 0 Å². The summed E-state index contributed by atoms with van der Waals surface area (Å²) < 4.78 is 11.7. The number of azide groups is 1. The van der Waals surface area contributed by atoms with Crippen LogP contribution in [-0.4, -0.2) is 30.0 Å². The van der Waals surface area contributed by atoms with Crippen molar-refractivity contribution in [3.63, 3.8) is 0 Å². The molecule has 3 rings (SSSR count). The largest absolute Gasteiger partial charge is 0.390 e. The van der Waals surface area contributed by atoms with Gasteiger partial charge >= 0.3 is 0 Å². The van der Waals surface area contributed by atoms with Crippen molar-refractivity contribution in [3.05, 3.63) is 46.3 Å². The van der Waals surface area contributed by atoms with Crippen molar-refractivity contribution < 1.29 is 14.6 Å². The Kier molecular flexibility index (Phi) is 5.51. The van der Waals surface area contributed by atoms with Gasteiger partial charge in [0.2, 0.25) is 0 Å². The fraction of sp³-hybridized carbons (Fsp3) is 0.647. The summed E-state index contributed by atoms with van der Waals surface area (Å²) in [6.45, 7) is 0.260. The van der Waals surface area contributed by atoms with Gasteiger partial charge in [0, 0.05) is 10.5 Å². The summed E-state index contributed by atoms with van der Waals surface area (Å²) in [6, 6.07) is 9.15. The Morgan fingerprint density at radius 1 is 1.26 bits per heavy atom. The van der Waals surface area contributed by atoms with Crippen LogP contribution in [0, 0.1) is 5.92 Å². The SMILES string of the molecule is [N-]=[N+]=NC1COC(c2ccccc2)OC1[C@H](O)CC1CCCC1. The van der Waals surface area contributed by atoms with Gasteiger partial charge in [0.1, 0.15) is 0 Å². The number of aliphatic hydroxyl groups is 1. The van der Waals surface area contributed by atoms with E-state index in [1.807, 2.05) is 30.3 Å². The third-order valence-corrected chi connectivity index (χ3v) is 4.78. The van der Waals surface area contributed by atoms with Crippen molar-refractivity contribution in [3.8, 4) is 0 Å². The number of nitrogens with zero attached hydrogens (tertiary/aromatic N) is 3. The molecule has 23 heavy (non-hydrogen) atoms. The number of rotatable bonds is 5. The highest BCUT2D eigenvalue weighted by atomic mass is 16.7. The van der Waals surface area contributed by atoms with Crippen LogP contribution in [0.3, 0.4) is 0 Å². The zero-order valence-electron chi connectivity index (χ0n) is 13.1. The number of ether oxygens (including phenoxy) is 2. The molecule has 1 aromatic carbocycles. The first-order valence-corrected chi connectivity index (χ1v) is 8.32. The summed E-state index contributed by atoms with van der Waals surface area (Å²) >= 11 is 0. The summed E-state index contributed by atoms with van der Waals surface area (Å²) in [5.74, 6) is 0.540. The van der Waals surface area contributed by atoms with E-state index in [2.05, 4.69) is 10.0 Å². The molecule has 4 atom stereocenters. The standard InChI is InChI=1S/C17H23N3O3/c18-20-19-14-11-22-17(13-8-2-1-3-9-13)23-16(14)15(21)10-12-6-4-5-7-12/h1-3,8-9,12,14-17,21H,4-7,10-11H2/t14?,15-,16?,17?/m1/s1. The van der Waals surface area contributed by atoms with Crippen LogP contribution in [0.1, 0.15) is 44.0 Å². The van der Waals surface area contributed by atoms with Gasteiger partial charge in [-0.15, -0.1) is 0 Å². The van der Waals surface area contributed by atoms with E-state index in [-0.39, 0.29) is 6.61 Å². The van der Waals surface area contributed by atoms with Crippen LogP contribution in [-0.2, 0) is 9.47 Å². The summed E-state index contributed by atoms with van der Waals surface area (Å²) in [5.41, 5.74) is 9.66. The average Bonchev–Trinajstić information content (AvgIpc) is 3.09. The van der Waals surface area contributed by atoms with Gasteiger partial charge in [-0.1, -0.05) is 61.1 Å². The minimum Gasteiger partial charge on any atom is -0.390 e. The Labute approximate surface area is 136 Å². The second-order valence-corrected chi connectivity index (χ2v) is 6.40. The highest BCUT2D eigenvalue weighted by Gasteiger charge is 2.38. The smallest absolute Gasteiger partial charge is 0.184 e. The van der Waals surface area contributed by atoms with Crippen LogP contribution < -0.4 is 0 Å². The summed E-state index contributed by atoms with van der Waals surface area (Å²) in [7, 11) is 0. The highest BCUT2D eigenvalue weighted by molar-refractivity contribution is 5.16. The van der Waals surface area contributed by atoms with Gasteiger partial charge in [-0.05, 0) is 17.9 Å². The summed E-state index contributed by atoms with van der Waals surface area (Å²) in [5, 5.41) is 14.4. The number of hydrogen-bond acceptors (Lipinski definition) is 4. The molecule has 1 N–H and O–H groups in total. The van der Waals surface area contributed by atoms with Gasteiger partial charge in [-0.2, -0.15) is 0 Å². The van der Waals surface area contributed by atoms with Crippen molar-refractivity contribution in [2.75, 3.05) is 6.61 Å². The number of benzene rings is 1. The maximum atomic E-state index is 10.6. The molecule has 2 aliphatic rings. The van der Waals surface area contributed by atoms with E-state index in [0.717, 1.165) is 18.4 Å². The Morgan fingerprint density at radius 3 is 2.70 bits per heavy atom. The van der Waals surface area contributed by atoms with Crippen molar-refractivity contribution >= 4 is 0 Å². The van der Waals surface area contributed by atoms with Crippen LogP contribution in [0.25, 0.3) is 10.4 Å².